The number of hydrogen-bond donors (Lipinski definition) is 2. The number of ketones is 1. The molecule has 1 aromatic carbocycles. The maximum Gasteiger partial charge on any atom is 0.378 e. The summed E-state index contributed by atoms with van der Waals surface area (Å²) in [7, 11) is -2.41. The minimum atomic E-state index is -3.45. The molecule has 20 heavy (non-hydrogen) atoms. The number of methoxy groups -OCH3 is 1. The molecule has 0 heterocycles. The predicted molar refractivity (Wildman–Crippen MR) is 72.5 cm³/mol. The van der Waals surface area contributed by atoms with Crippen molar-refractivity contribution in [1.82, 2.24) is 0 Å². The first kappa shape index (κ1) is 15.7. The summed E-state index contributed by atoms with van der Waals surface area (Å²) in [6.07, 6.45) is 1.68. The van der Waals surface area contributed by atoms with E-state index in [1.807, 2.05) is 0 Å². The van der Waals surface area contributed by atoms with Gasteiger partial charge in [0.05, 0.1) is 13.4 Å². The predicted octanol–water partition coefficient (Wildman–Crippen LogP) is 0.699. The van der Waals surface area contributed by atoms with Crippen molar-refractivity contribution in [2.45, 2.75) is 0 Å². The van der Waals surface area contributed by atoms with Crippen LogP contribution in [0.15, 0.2) is 30.3 Å². The number of carbonyl (C=O) groups excluding carboxylic acids is 2. The van der Waals surface area contributed by atoms with Crippen LogP contribution in [0.5, 0.6) is 0 Å². The van der Waals surface area contributed by atoms with Crippen molar-refractivity contribution in [3.63, 3.8) is 0 Å². The largest absolute Gasteiger partial charge is 0.507 e. The van der Waals surface area contributed by atoms with Crippen LogP contribution in [-0.2, 0) is 24.3 Å². The Bertz CT molecular complexity index is 662. The fraction of sp³-hybridized carbons (Fsp3) is 0.167. The van der Waals surface area contributed by atoms with Crippen LogP contribution in [0.1, 0.15) is 5.56 Å². The average molecular weight is 299 g/mol. The third-order valence-corrected chi connectivity index (χ3v) is 2.72. The molecule has 108 valence electrons. The lowest BCUT2D eigenvalue weighted by atomic mass is 10.1. The Morgan fingerprint density at radius 2 is 2.00 bits per heavy atom. The van der Waals surface area contributed by atoms with Gasteiger partial charge in [0.1, 0.15) is 5.76 Å². The number of sulfonamides is 1. The second kappa shape index (κ2) is 6.20. The summed E-state index contributed by atoms with van der Waals surface area (Å²) in [6, 6.07) is 5.72. The third-order valence-electron chi connectivity index (χ3n) is 2.12. The molecule has 0 unspecified atom stereocenters. The fourth-order valence-corrected chi connectivity index (χ4v) is 1.88. The van der Waals surface area contributed by atoms with Gasteiger partial charge in [0, 0.05) is 17.3 Å². The van der Waals surface area contributed by atoms with E-state index in [0.29, 0.717) is 6.08 Å². The minimum Gasteiger partial charge on any atom is -0.507 e. The number of nitrogens with one attached hydrogen (secondary N) is 1. The lowest BCUT2D eigenvalue weighted by molar-refractivity contribution is -0.149. The number of aliphatic hydroxyl groups is 1. The fourth-order valence-electron chi connectivity index (χ4n) is 1.32. The zero-order valence-electron chi connectivity index (χ0n) is 10.8. The zero-order chi connectivity index (χ0) is 15.3. The highest BCUT2D eigenvalue weighted by atomic mass is 32.2. The number of esters is 1. The summed E-state index contributed by atoms with van der Waals surface area (Å²) >= 11 is 0. The maximum absolute atomic E-state index is 11.2. The maximum atomic E-state index is 11.2. The van der Waals surface area contributed by atoms with Gasteiger partial charge in [-0.15, -0.1) is 0 Å². The molecule has 0 atom stereocenters. The number of hydrogen-bond acceptors (Lipinski definition) is 6. The van der Waals surface area contributed by atoms with Gasteiger partial charge >= 0.3 is 5.97 Å². The standard InChI is InChI=1S/C12H13NO6S/c1-19-12(16)11(15)7-10(14)8-4-3-5-9(6-8)13-20(2,17)18/h3-7,13-14H,1-2H3/b10-7-. The van der Waals surface area contributed by atoms with Gasteiger partial charge in [0.2, 0.25) is 10.0 Å². The van der Waals surface area contributed by atoms with E-state index in [1.165, 1.54) is 24.3 Å². The van der Waals surface area contributed by atoms with Gasteiger partial charge in [-0.25, -0.2) is 13.2 Å². The van der Waals surface area contributed by atoms with E-state index in [9.17, 15) is 23.1 Å². The van der Waals surface area contributed by atoms with E-state index in [-0.39, 0.29) is 11.3 Å². The van der Waals surface area contributed by atoms with E-state index < -0.39 is 27.5 Å². The molecule has 1 rings (SSSR count). The highest BCUT2D eigenvalue weighted by Gasteiger charge is 2.13. The number of anilines is 1. The van der Waals surface area contributed by atoms with E-state index in [1.54, 1.807) is 0 Å². The van der Waals surface area contributed by atoms with Crippen molar-refractivity contribution in [1.29, 1.82) is 0 Å². The van der Waals surface area contributed by atoms with Gasteiger partial charge in [0.25, 0.3) is 5.78 Å². The lowest BCUT2D eigenvalue weighted by Crippen LogP contribution is -2.13. The Morgan fingerprint density at radius 3 is 2.55 bits per heavy atom. The summed E-state index contributed by atoms with van der Waals surface area (Å²) in [6.45, 7) is 0. The number of rotatable bonds is 5. The second-order valence-electron chi connectivity index (χ2n) is 3.84. The van der Waals surface area contributed by atoms with Crippen LogP contribution >= 0.6 is 0 Å². The van der Waals surface area contributed by atoms with E-state index in [4.69, 9.17) is 0 Å². The number of aliphatic hydroxyl groups excluding tert-OH is 1. The molecule has 8 heteroatoms. The van der Waals surface area contributed by atoms with Crippen molar-refractivity contribution >= 4 is 33.2 Å². The van der Waals surface area contributed by atoms with Crippen LogP contribution < -0.4 is 4.72 Å². The van der Waals surface area contributed by atoms with Crippen LogP contribution in [0, 0.1) is 0 Å². The molecule has 1 aromatic rings. The Morgan fingerprint density at radius 1 is 1.35 bits per heavy atom. The van der Waals surface area contributed by atoms with Gasteiger partial charge < -0.3 is 9.84 Å². The van der Waals surface area contributed by atoms with Gasteiger partial charge in [-0.2, -0.15) is 0 Å². The Kier molecular flexibility index (Phi) is 4.87. The Hall–Kier alpha value is -2.35. The number of benzene rings is 1. The van der Waals surface area contributed by atoms with Crippen LogP contribution in [0.3, 0.4) is 0 Å². The highest BCUT2D eigenvalue weighted by molar-refractivity contribution is 7.92. The van der Waals surface area contributed by atoms with Gasteiger partial charge in [0.15, 0.2) is 0 Å². The first-order valence-corrected chi connectivity index (χ1v) is 7.23. The molecule has 0 aliphatic heterocycles. The minimum absolute atomic E-state index is 0.177. The van der Waals surface area contributed by atoms with Crippen molar-refractivity contribution in [2.75, 3.05) is 18.1 Å². The highest BCUT2D eigenvalue weighted by Crippen LogP contribution is 2.17. The topological polar surface area (TPSA) is 110 Å². The molecule has 0 aliphatic rings. The summed E-state index contributed by atoms with van der Waals surface area (Å²) in [5, 5.41) is 9.71. The summed E-state index contributed by atoms with van der Waals surface area (Å²) < 4.78 is 28.6. The molecule has 0 aromatic heterocycles. The normalized spacial score (nSPS) is 11.8. The zero-order valence-corrected chi connectivity index (χ0v) is 11.6. The number of carbonyl (C=O) groups is 2. The van der Waals surface area contributed by atoms with Crippen molar-refractivity contribution in [2.24, 2.45) is 0 Å². The van der Waals surface area contributed by atoms with Crippen molar-refractivity contribution in [3.8, 4) is 0 Å². The van der Waals surface area contributed by atoms with E-state index >= 15 is 0 Å². The molecule has 0 radical (unpaired) electrons. The summed E-state index contributed by atoms with van der Waals surface area (Å²) in [5.74, 6) is -2.61. The molecule has 0 bridgehead atoms. The van der Waals surface area contributed by atoms with Gasteiger partial charge in [-0.1, -0.05) is 12.1 Å². The molecule has 0 amide bonds. The Labute approximate surface area is 115 Å². The van der Waals surface area contributed by atoms with Gasteiger partial charge in [-0.3, -0.25) is 9.52 Å². The SMILES string of the molecule is COC(=O)C(=O)/C=C(\O)c1cccc(NS(C)(=O)=O)c1. The first-order valence-electron chi connectivity index (χ1n) is 5.34. The van der Waals surface area contributed by atoms with Gasteiger partial charge in [-0.05, 0) is 12.1 Å². The second-order valence-corrected chi connectivity index (χ2v) is 5.59. The number of ether oxygens (including phenoxy) is 1. The van der Waals surface area contributed by atoms with Crippen molar-refractivity contribution in [3.05, 3.63) is 35.9 Å². The first-order chi connectivity index (χ1) is 9.23. The molecule has 0 spiro atoms. The third kappa shape index (κ3) is 4.73. The smallest absolute Gasteiger partial charge is 0.378 e. The molecule has 2 N–H and O–H groups in total. The molecule has 7 nitrogen and oxygen atoms in total. The quantitative estimate of drug-likeness (QED) is 0.358. The van der Waals surface area contributed by atoms with E-state index in [2.05, 4.69) is 9.46 Å². The monoisotopic (exact) mass is 299 g/mol. The van der Waals surface area contributed by atoms with Crippen LogP contribution in [0.2, 0.25) is 0 Å². The van der Waals surface area contributed by atoms with E-state index in [0.717, 1.165) is 13.4 Å². The molecule has 0 saturated heterocycles. The van der Waals surface area contributed by atoms with Crippen LogP contribution in [0.4, 0.5) is 5.69 Å². The molecular weight excluding hydrogens is 286 g/mol. The molecule has 0 saturated carbocycles. The summed E-state index contributed by atoms with van der Waals surface area (Å²) in [5.41, 5.74) is 0.395. The summed E-state index contributed by atoms with van der Waals surface area (Å²) in [4.78, 5) is 22.2. The average Bonchev–Trinajstić information content (AvgIpc) is 2.35. The lowest BCUT2D eigenvalue weighted by Gasteiger charge is -2.06. The van der Waals surface area contributed by atoms with Crippen LogP contribution in [-0.4, -0.2) is 38.6 Å². The molecule has 0 aliphatic carbocycles. The Balaban J connectivity index is 3.03. The van der Waals surface area contributed by atoms with Crippen LogP contribution in [0.25, 0.3) is 5.76 Å². The molecule has 0 fully saturated rings. The molecular formula is C12H13NO6S. The van der Waals surface area contributed by atoms with Crippen molar-refractivity contribution < 1.29 is 27.9 Å².